The van der Waals surface area contributed by atoms with E-state index < -0.39 is 16.7 Å². The third-order valence-corrected chi connectivity index (χ3v) is 2.69. The zero-order valence-corrected chi connectivity index (χ0v) is 11.7. The molecular formula is C13H18N4O4. The number of nitro groups is 1. The zero-order valence-electron chi connectivity index (χ0n) is 11.7. The van der Waals surface area contributed by atoms with E-state index in [2.05, 4.69) is 10.6 Å². The lowest BCUT2D eigenvalue weighted by Gasteiger charge is -2.09. The molecule has 0 saturated carbocycles. The first-order valence-electron chi connectivity index (χ1n) is 6.55. The topological polar surface area (TPSA) is 127 Å². The number of para-hydroxylation sites is 1. The summed E-state index contributed by atoms with van der Waals surface area (Å²) in [5.41, 5.74) is 4.94. The number of carbonyl (C=O) groups excluding carboxylic acids is 2. The third-order valence-electron chi connectivity index (χ3n) is 2.69. The molecule has 0 heterocycles. The van der Waals surface area contributed by atoms with Gasteiger partial charge >= 0.3 is 5.69 Å². The fourth-order valence-corrected chi connectivity index (χ4v) is 1.72. The average Bonchev–Trinajstić information content (AvgIpc) is 2.43. The molecule has 1 rings (SSSR count). The summed E-state index contributed by atoms with van der Waals surface area (Å²) in [4.78, 5) is 33.2. The summed E-state index contributed by atoms with van der Waals surface area (Å²) in [6, 6.07) is 4.48. The van der Waals surface area contributed by atoms with Crippen molar-refractivity contribution < 1.29 is 14.5 Å². The number of benzene rings is 1. The minimum absolute atomic E-state index is 0.0205. The van der Waals surface area contributed by atoms with Gasteiger partial charge in [0.25, 0.3) is 5.91 Å². The standard InChI is InChI=1S/C13H18N4O4/c1-2-7-15-10-5-3-4-9(12(10)17(20)21)13(19)16-8-6-11(14)18/h3-5,15H,2,6-8H2,1H3,(H2,14,18)(H,16,19). The first kappa shape index (κ1) is 16.4. The molecule has 8 heteroatoms. The first-order chi connectivity index (χ1) is 9.97. The second-order valence-electron chi connectivity index (χ2n) is 4.36. The summed E-state index contributed by atoms with van der Waals surface area (Å²) in [5.74, 6) is -1.16. The Hall–Kier alpha value is -2.64. The van der Waals surface area contributed by atoms with Crippen LogP contribution in [0.1, 0.15) is 30.1 Å². The molecule has 1 aromatic rings. The molecule has 0 saturated heterocycles. The maximum atomic E-state index is 12.0. The Balaban J connectivity index is 2.97. The van der Waals surface area contributed by atoms with Crippen molar-refractivity contribution >= 4 is 23.2 Å². The summed E-state index contributed by atoms with van der Waals surface area (Å²) in [6.07, 6.45) is 0.777. The van der Waals surface area contributed by atoms with E-state index in [1.807, 2.05) is 6.92 Å². The Labute approximate surface area is 121 Å². The highest BCUT2D eigenvalue weighted by Gasteiger charge is 2.24. The van der Waals surface area contributed by atoms with Gasteiger partial charge < -0.3 is 16.4 Å². The molecule has 0 bridgehead atoms. The predicted molar refractivity (Wildman–Crippen MR) is 78.0 cm³/mol. The van der Waals surface area contributed by atoms with E-state index >= 15 is 0 Å². The van der Waals surface area contributed by atoms with Gasteiger partial charge in [-0.2, -0.15) is 0 Å². The molecule has 0 atom stereocenters. The van der Waals surface area contributed by atoms with Crippen LogP contribution in [-0.2, 0) is 4.79 Å². The number of primary amides is 1. The van der Waals surface area contributed by atoms with Crippen LogP contribution in [0.3, 0.4) is 0 Å². The monoisotopic (exact) mass is 294 g/mol. The van der Waals surface area contributed by atoms with Gasteiger partial charge in [0.2, 0.25) is 5.91 Å². The average molecular weight is 294 g/mol. The fourth-order valence-electron chi connectivity index (χ4n) is 1.72. The number of anilines is 1. The SMILES string of the molecule is CCCNc1cccc(C(=O)NCCC(N)=O)c1[N+](=O)[O-]. The van der Waals surface area contributed by atoms with Gasteiger partial charge in [0.15, 0.2) is 0 Å². The molecule has 0 unspecified atom stereocenters. The summed E-state index contributed by atoms with van der Waals surface area (Å²) >= 11 is 0. The van der Waals surface area contributed by atoms with Crippen LogP contribution in [0.2, 0.25) is 0 Å². The van der Waals surface area contributed by atoms with Crippen LogP contribution in [0.15, 0.2) is 18.2 Å². The van der Waals surface area contributed by atoms with E-state index in [9.17, 15) is 19.7 Å². The van der Waals surface area contributed by atoms with Crippen molar-refractivity contribution in [2.24, 2.45) is 5.73 Å². The lowest BCUT2D eigenvalue weighted by atomic mass is 10.1. The molecule has 4 N–H and O–H groups in total. The molecule has 1 aromatic carbocycles. The molecule has 114 valence electrons. The second-order valence-corrected chi connectivity index (χ2v) is 4.36. The lowest BCUT2D eigenvalue weighted by molar-refractivity contribution is -0.384. The van der Waals surface area contributed by atoms with Crippen molar-refractivity contribution in [2.45, 2.75) is 19.8 Å². The van der Waals surface area contributed by atoms with Gasteiger partial charge in [-0.05, 0) is 18.6 Å². The van der Waals surface area contributed by atoms with Gasteiger partial charge in [-0.3, -0.25) is 19.7 Å². The van der Waals surface area contributed by atoms with Gasteiger partial charge in [-0.25, -0.2) is 0 Å². The number of hydrogen-bond acceptors (Lipinski definition) is 5. The number of nitrogens with one attached hydrogen (secondary N) is 2. The summed E-state index contributed by atoms with van der Waals surface area (Å²) in [7, 11) is 0. The van der Waals surface area contributed by atoms with Gasteiger partial charge in [0, 0.05) is 19.5 Å². The molecule has 8 nitrogen and oxygen atoms in total. The van der Waals surface area contributed by atoms with Crippen LogP contribution in [0.4, 0.5) is 11.4 Å². The molecule has 0 aliphatic heterocycles. The van der Waals surface area contributed by atoms with Crippen LogP contribution in [0.25, 0.3) is 0 Å². The molecule has 21 heavy (non-hydrogen) atoms. The van der Waals surface area contributed by atoms with Gasteiger partial charge in [-0.15, -0.1) is 0 Å². The Morgan fingerprint density at radius 1 is 1.33 bits per heavy atom. The highest BCUT2D eigenvalue weighted by Crippen LogP contribution is 2.28. The minimum Gasteiger partial charge on any atom is -0.379 e. The fraction of sp³-hybridized carbons (Fsp3) is 0.385. The number of amides is 2. The number of hydrogen-bond donors (Lipinski definition) is 3. The van der Waals surface area contributed by atoms with E-state index in [0.29, 0.717) is 12.2 Å². The van der Waals surface area contributed by atoms with Crippen molar-refractivity contribution in [2.75, 3.05) is 18.4 Å². The minimum atomic E-state index is -0.608. The first-order valence-corrected chi connectivity index (χ1v) is 6.55. The summed E-state index contributed by atoms with van der Waals surface area (Å²) in [6.45, 7) is 2.53. The van der Waals surface area contributed by atoms with Crippen molar-refractivity contribution in [1.82, 2.24) is 5.32 Å². The molecule has 0 radical (unpaired) electrons. The van der Waals surface area contributed by atoms with Gasteiger partial charge in [0.1, 0.15) is 11.3 Å². The van der Waals surface area contributed by atoms with Crippen molar-refractivity contribution in [3.05, 3.63) is 33.9 Å². The predicted octanol–water partition coefficient (Wildman–Crippen LogP) is 1.02. The highest BCUT2D eigenvalue weighted by molar-refractivity contribution is 6.00. The Bertz CT molecular complexity index is 545. The molecule has 0 aromatic heterocycles. The summed E-state index contributed by atoms with van der Waals surface area (Å²) < 4.78 is 0. The van der Waals surface area contributed by atoms with Crippen molar-refractivity contribution in [3.8, 4) is 0 Å². The Morgan fingerprint density at radius 3 is 2.62 bits per heavy atom. The van der Waals surface area contributed by atoms with E-state index in [-0.39, 0.29) is 24.2 Å². The van der Waals surface area contributed by atoms with Crippen molar-refractivity contribution in [3.63, 3.8) is 0 Å². The quantitative estimate of drug-likeness (QED) is 0.487. The number of rotatable bonds is 8. The van der Waals surface area contributed by atoms with Crippen LogP contribution >= 0.6 is 0 Å². The van der Waals surface area contributed by atoms with E-state index in [1.54, 1.807) is 12.1 Å². The van der Waals surface area contributed by atoms with E-state index in [0.717, 1.165) is 6.42 Å². The van der Waals surface area contributed by atoms with Crippen molar-refractivity contribution in [1.29, 1.82) is 0 Å². The van der Waals surface area contributed by atoms with E-state index in [4.69, 9.17) is 5.73 Å². The van der Waals surface area contributed by atoms with Crippen LogP contribution in [-0.4, -0.2) is 29.8 Å². The maximum absolute atomic E-state index is 12.0. The number of nitrogens with zero attached hydrogens (tertiary/aromatic N) is 1. The van der Waals surface area contributed by atoms with E-state index in [1.165, 1.54) is 6.07 Å². The second kappa shape index (κ2) is 7.83. The Morgan fingerprint density at radius 2 is 2.05 bits per heavy atom. The Kier molecular flexibility index (Phi) is 6.12. The largest absolute Gasteiger partial charge is 0.379 e. The van der Waals surface area contributed by atoms with Crippen LogP contribution < -0.4 is 16.4 Å². The zero-order chi connectivity index (χ0) is 15.8. The highest BCUT2D eigenvalue weighted by atomic mass is 16.6. The molecule has 2 amide bonds. The summed E-state index contributed by atoms with van der Waals surface area (Å²) in [5, 5.41) is 16.6. The third kappa shape index (κ3) is 4.75. The molecular weight excluding hydrogens is 276 g/mol. The smallest absolute Gasteiger partial charge is 0.305 e. The normalized spacial score (nSPS) is 9.95. The number of nitrogens with two attached hydrogens (primary N) is 1. The molecule has 0 aliphatic rings. The van der Waals surface area contributed by atoms with Gasteiger partial charge in [-0.1, -0.05) is 13.0 Å². The molecule has 0 aliphatic carbocycles. The molecule has 0 spiro atoms. The number of carbonyl (C=O) groups is 2. The van der Waals surface area contributed by atoms with Crippen LogP contribution in [0, 0.1) is 10.1 Å². The number of nitro benzene ring substituents is 1. The molecule has 0 fully saturated rings. The van der Waals surface area contributed by atoms with Crippen LogP contribution in [0.5, 0.6) is 0 Å². The van der Waals surface area contributed by atoms with Gasteiger partial charge in [0.05, 0.1) is 4.92 Å². The lowest BCUT2D eigenvalue weighted by Crippen LogP contribution is -2.28. The maximum Gasteiger partial charge on any atom is 0.305 e.